The minimum atomic E-state index is -0.226. The van der Waals surface area contributed by atoms with E-state index in [9.17, 15) is 0 Å². The molecule has 0 aromatic rings. The van der Waals surface area contributed by atoms with E-state index in [4.69, 9.17) is 26.0 Å². The van der Waals surface area contributed by atoms with Crippen LogP contribution in [-0.4, -0.2) is 0 Å². The topological polar surface area (TPSA) is 0 Å². The van der Waals surface area contributed by atoms with Crippen LogP contribution in [0.4, 0.5) is 0 Å². The molecular weight excluding hydrogens is 234 g/mol. The van der Waals surface area contributed by atoms with E-state index in [1.54, 1.807) is 6.08 Å². The van der Waals surface area contributed by atoms with E-state index in [2.05, 4.69) is 0 Å². The molecule has 3 heteroatoms. The molecule has 0 aromatic heterocycles. The first-order chi connectivity index (χ1) is 3.83. The summed E-state index contributed by atoms with van der Waals surface area (Å²) in [5, 5.41) is 0. The Morgan fingerprint density at radius 3 is 1.88 bits per heavy atom. The van der Waals surface area contributed by atoms with Gasteiger partial charge in [0.1, 0.15) is 0 Å². The van der Waals surface area contributed by atoms with Crippen LogP contribution in [0.15, 0.2) is 18.2 Å². The first-order valence-electron chi connectivity index (χ1n) is 1.83. The van der Waals surface area contributed by atoms with E-state index in [0.29, 0.717) is 0 Å². The van der Waals surface area contributed by atoms with Gasteiger partial charge in [0.15, 0.2) is 0 Å². The van der Waals surface area contributed by atoms with Crippen LogP contribution in [0.3, 0.4) is 0 Å². The van der Waals surface area contributed by atoms with E-state index < -0.39 is 0 Å². The van der Waals surface area contributed by atoms with Crippen molar-refractivity contribution in [2.24, 2.45) is 0 Å². The normalized spacial score (nSPS) is 8.38. The second kappa shape index (κ2) is 15.6. The van der Waals surface area contributed by atoms with Gasteiger partial charge in [-0.3, -0.25) is 6.58 Å². The van der Waals surface area contributed by atoms with Crippen LogP contribution in [0.5, 0.6) is 0 Å². The Hall–Kier alpha value is 0.683. The number of allylic oxidation sites excluding steroid dienone is 3. The van der Waals surface area contributed by atoms with Crippen molar-refractivity contribution in [3.63, 3.8) is 0 Å². The van der Waals surface area contributed by atoms with E-state index in [-0.39, 0.29) is 15.1 Å². The summed E-state index contributed by atoms with van der Waals surface area (Å²) in [6.45, 7) is 6.85. The molecule has 0 saturated heterocycles. The van der Waals surface area contributed by atoms with Crippen LogP contribution < -0.4 is 0 Å². The van der Waals surface area contributed by atoms with Crippen LogP contribution in [-0.2, 0) is 15.1 Å². The monoisotopic (exact) mass is 240 g/mol. The van der Waals surface area contributed by atoms with Crippen molar-refractivity contribution in [3.05, 3.63) is 24.8 Å². The van der Waals surface area contributed by atoms with Gasteiger partial charge in [0.2, 0.25) is 0 Å². The van der Waals surface area contributed by atoms with E-state index in [0.717, 1.165) is 0 Å². The Labute approximate surface area is 66.2 Å². The quantitative estimate of drug-likeness (QED) is 0.376. The van der Waals surface area contributed by atoms with Crippen molar-refractivity contribution in [2.45, 2.75) is 6.92 Å². The summed E-state index contributed by atoms with van der Waals surface area (Å²) in [6.07, 6.45) is 5.15. The van der Waals surface area contributed by atoms with Gasteiger partial charge in [0.25, 0.3) is 0 Å². The molecule has 0 atom stereocenters. The van der Waals surface area contributed by atoms with E-state index in [1.165, 1.54) is 6.08 Å². The van der Waals surface area contributed by atoms with Crippen molar-refractivity contribution in [3.8, 4) is 0 Å². The maximum absolute atomic E-state index is 4.93. The van der Waals surface area contributed by atoms with E-state index >= 15 is 0 Å². The van der Waals surface area contributed by atoms with Gasteiger partial charge in [-0.05, 0) is 0 Å². The molecule has 0 unspecified atom stereocenters. The molecule has 0 aliphatic rings. The van der Waals surface area contributed by atoms with Gasteiger partial charge in [-0.15, -0.1) is 0 Å². The predicted octanol–water partition coefficient (Wildman–Crippen LogP) is 2.93. The molecule has 0 aliphatic carbocycles. The minimum absolute atomic E-state index is 0.226. The second-order valence-electron chi connectivity index (χ2n) is 0.766. The van der Waals surface area contributed by atoms with Crippen LogP contribution in [0.1, 0.15) is 6.92 Å². The van der Waals surface area contributed by atoms with Gasteiger partial charge in [-0.25, -0.2) is 12.2 Å². The Morgan fingerprint density at radius 1 is 1.50 bits per heavy atom. The van der Waals surface area contributed by atoms with Gasteiger partial charge in [-0.1, -0.05) is 6.92 Å². The SMILES string of the molecule is [CH-]=CC=CC.[Cl][Rh+][Cl]. The molecule has 0 fully saturated rings. The van der Waals surface area contributed by atoms with Crippen LogP contribution in [0.25, 0.3) is 0 Å². The maximum atomic E-state index is 4.93. The summed E-state index contributed by atoms with van der Waals surface area (Å²) in [5.74, 6) is 0. The van der Waals surface area contributed by atoms with Crippen molar-refractivity contribution in [2.75, 3.05) is 0 Å². The number of halogens is 2. The average Bonchev–Trinajstić information content (AvgIpc) is 1.71. The number of rotatable bonds is 1. The first kappa shape index (κ1) is 11.5. The van der Waals surface area contributed by atoms with Crippen molar-refractivity contribution in [1.82, 2.24) is 0 Å². The van der Waals surface area contributed by atoms with E-state index in [1.807, 2.05) is 13.0 Å². The molecule has 0 N–H and O–H groups in total. The zero-order chi connectivity index (χ0) is 6.83. The Bertz CT molecular complexity index is 61.4. The molecule has 50 valence electrons. The van der Waals surface area contributed by atoms with Gasteiger partial charge < -0.3 is 0 Å². The third-order valence-electron chi connectivity index (χ3n) is 0.304. The summed E-state index contributed by atoms with van der Waals surface area (Å²) in [4.78, 5) is 0. The zero-order valence-electron chi connectivity index (χ0n) is 4.40. The molecule has 0 heterocycles. The second-order valence-corrected chi connectivity index (χ2v) is 3.25. The van der Waals surface area contributed by atoms with Gasteiger partial charge in [-0.2, -0.15) is 6.08 Å². The summed E-state index contributed by atoms with van der Waals surface area (Å²) >= 11 is -0.226. The standard InChI is InChI=1S/C5H7.2ClH.Rh/c1-3-5-4-2;;;/h1,3-5H,2H3;2*1H;/q-1;;;+3/p-2. The Balaban J connectivity index is 0. The third kappa shape index (κ3) is 30.0. The molecule has 0 aromatic carbocycles. The van der Waals surface area contributed by atoms with Gasteiger partial charge >= 0.3 is 34.5 Å². The summed E-state index contributed by atoms with van der Waals surface area (Å²) in [5.41, 5.74) is 0. The predicted molar refractivity (Wildman–Crippen MR) is 35.4 cm³/mol. The summed E-state index contributed by atoms with van der Waals surface area (Å²) in [7, 11) is 9.67. The van der Waals surface area contributed by atoms with Crippen LogP contribution in [0, 0.1) is 6.58 Å². The fraction of sp³-hybridized carbons (Fsp3) is 0.200. The zero-order valence-corrected chi connectivity index (χ0v) is 7.55. The molecule has 0 amide bonds. The average molecular weight is 241 g/mol. The van der Waals surface area contributed by atoms with Gasteiger partial charge in [0, 0.05) is 0 Å². The van der Waals surface area contributed by atoms with Crippen molar-refractivity contribution >= 4 is 19.4 Å². The third-order valence-corrected chi connectivity index (χ3v) is 0.304. The van der Waals surface area contributed by atoms with Crippen molar-refractivity contribution in [1.29, 1.82) is 0 Å². The first-order valence-corrected chi connectivity index (χ1v) is 6.05. The number of hydrogen-bond acceptors (Lipinski definition) is 0. The summed E-state index contributed by atoms with van der Waals surface area (Å²) < 4.78 is 0. The van der Waals surface area contributed by atoms with Crippen LogP contribution >= 0.6 is 19.4 Å². The fourth-order valence-corrected chi connectivity index (χ4v) is 0.111. The van der Waals surface area contributed by atoms with Gasteiger partial charge in [0.05, 0.1) is 0 Å². The molecular formula is C5H7Cl2Rh. The molecule has 0 radical (unpaired) electrons. The Kier molecular flexibility index (Phi) is 22.4. The molecule has 0 nitrogen and oxygen atoms in total. The molecule has 8 heavy (non-hydrogen) atoms. The fourth-order valence-electron chi connectivity index (χ4n) is 0.111. The number of hydrogen-bond donors (Lipinski definition) is 0. The molecule has 0 aliphatic heterocycles. The molecule has 0 saturated carbocycles. The van der Waals surface area contributed by atoms with Crippen molar-refractivity contribution < 1.29 is 15.1 Å². The van der Waals surface area contributed by atoms with Crippen LogP contribution in [0.2, 0.25) is 0 Å². The molecule has 0 bridgehead atoms. The Morgan fingerprint density at radius 2 is 1.88 bits per heavy atom. The molecule has 0 spiro atoms. The summed E-state index contributed by atoms with van der Waals surface area (Å²) in [6, 6.07) is 0. The molecule has 0 rings (SSSR count).